The van der Waals surface area contributed by atoms with E-state index in [4.69, 9.17) is 10.5 Å². The van der Waals surface area contributed by atoms with Crippen molar-refractivity contribution in [3.8, 4) is 5.75 Å². The summed E-state index contributed by atoms with van der Waals surface area (Å²) >= 11 is 1.37. The summed E-state index contributed by atoms with van der Waals surface area (Å²) < 4.78 is 9.56. The Kier molecular flexibility index (Phi) is 6.11. The molecule has 1 aromatic rings. The minimum atomic E-state index is 0.488. The van der Waals surface area contributed by atoms with Crippen molar-refractivity contribution in [2.45, 2.75) is 40.0 Å². The van der Waals surface area contributed by atoms with Crippen molar-refractivity contribution in [2.24, 2.45) is 5.92 Å². The molecule has 98 valence electrons. The van der Waals surface area contributed by atoms with Crippen molar-refractivity contribution in [2.75, 3.05) is 24.2 Å². The van der Waals surface area contributed by atoms with E-state index >= 15 is 0 Å². The van der Waals surface area contributed by atoms with Gasteiger partial charge in [0, 0.05) is 6.54 Å². The molecule has 0 bridgehead atoms. The number of rotatable bonds is 8. The van der Waals surface area contributed by atoms with E-state index in [1.54, 1.807) is 0 Å². The van der Waals surface area contributed by atoms with Crippen LogP contribution in [0.25, 0.3) is 0 Å². The van der Waals surface area contributed by atoms with Crippen LogP contribution in [0.15, 0.2) is 0 Å². The SMILES string of the molecule is CCOc1c(N)nsc1NCCCCC(C)C. The molecule has 1 heterocycles. The van der Waals surface area contributed by atoms with Crippen molar-refractivity contribution >= 4 is 22.4 Å². The first-order chi connectivity index (χ1) is 8.15. The molecule has 0 saturated heterocycles. The first kappa shape index (κ1) is 14.1. The highest BCUT2D eigenvalue weighted by molar-refractivity contribution is 7.11. The minimum Gasteiger partial charge on any atom is -0.487 e. The third-order valence-electron chi connectivity index (χ3n) is 2.46. The minimum absolute atomic E-state index is 0.488. The molecule has 0 saturated carbocycles. The van der Waals surface area contributed by atoms with Gasteiger partial charge in [0.25, 0.3) is 0 Å². The number of aromatic nitrogens is 1. The average Bonchev–Trinajstić information content (AvgIpc) is 2.61. The summed E-state index contributed by atoms with van der Waals surface area (Å²) in [6, 6.07) is 0. The maximum absolute atomic E-state index is 5.73. The Morgan fingerprint density at radius 3 is 2.82 bits per heavy atom. The second-order valence-corrected chi connectivity index (χ2v) is 5.25. The van der Waals surface area contributed by atoms with Crippen molar-refractivity contribution < 1.29 is 4.74 Å². The van der Waals surface area contributed by atoms with E-state index in [9.17, 15) is 0 Å². The Hall–Kier alpha value is -0.970. The highest BCUT2D eigenvalue weighted by Gasteiger charge is 2.11. The molecule has 17 heavy (non-hydrogen) atoms. The number of nitrogens with one attached hydrogen (secondary N) is 1. The quantitative estimate of drug-likeness (QED) is 0.701. The summed E-state index contributed by atoms with van der Waals surface area (Å²) in [5.74, 6) is 1.98. The Morgan fingerprint density at radius 2 is 2.18 bits per heavy atom. The molecule has 5 heteroatoms. The molecule has 0 unspecified atom stereocenters. The second-order valence-electron chi connectivity index (χ2n) is 4.48. The molecule has 3 N–H and O–H groups in total. The van der Waals surface area contributed by atoms with E-state index in [2.05, 4.69) is 23.5 Å². The molecule has 0 radical (unpaired) electrons. The van der Waals surface area contributed by atoms with Crippen LogP contribution in [0, 0.1) is 5.92 Å². The number of nitrogens with zero attached hydrogens (tertiary/aromatic N) is 1. The summed E-state index contributed by atoms with van der Waals surface area (Å²) in [6.07, 6.45) is 3.70. The van der Waals surface area contributed by atoms with Gasteiger partial charge in [0.2, 0.25) is 0 Å². The summed E-state index contributed by atoms with van der Waals surface area (Å²) in [4.78, 5) is 0. The maximum atomic E-state index is 5.73. The largest absolute Gasteiger partial charge is 0.487 e. The van der Waals surface area contributed by atoms with Crippen LogP contribution in [0.1, 0.15) is 40.0 Å². The lowest BCUT2D eigenvalue weighted by atomic mass is 10.1. The van der Waals surface area contributed by atoms with E-state index in [0.717, 1.165) is 17.5 Å². The first-order valence-electron chi connectivity index (χ1n) is 6.27. The van der Waals surface area contributed by atoms with Gasteiger partial charge in [-0.05, 0) is 30.8 Å². The van der Waals surface area contributed by atoms with Gasteiger partial charge in [0.1, 0.15) is 0 Å². The fourth-order valence-corrected chi connectivity index (χ4v) is 2.26. The van der Waals surface area contributed by atoms with E-state index in [0.29, 0.717) is 18.2 Å². The second kappa shape index (κ2) is 7.37. The van der Waals surface area contributed by atoms with Gasteiger partial charge in [-0.15, -0.1) is 0 Å². The number of nitrogens with two attached hydrogens (primary N) is 1. The summed E-state index contributed by atoms with van der Waals surface area (Å²) in [6.45, 7) is 8.03. The van der Waals surface area contributed by atoms with E-state index < -0.39 is 0 Å². The summed E-state index contributed by atoms with van der Waals surface area (Å²) in [7, 11) is 0. The zero-order chi connectivity index (χ0) is 12.7. The molecular weight excluding hydrogens is 234 g/mol. The molecule has 0 aromatic carbocycles. The smallest absolute Gasteiger partial charge is 0.197 e. The Bertz CT molecular complexity index is 326. The van der Waals surface area contributed by atoms with Crippen LogP contribution >= 0.6 is 11.5 Å². The molecule has 0 amide bonds. The van der Waals surface area contributed by atoms with Crippen LogP contribution in [0.5, 0.6) is 5.75 Å². The molecule has 0 aliphatic rings. The number of unbranched alkanes of at least 4 members (excludes halogenated alkanes) is 1. The van der Waals surface area contributed by atoms with Crippen LogP contribution < -0.4 is 15.8 Å². The molecule has 0 fully saturated rings. The molecule has 0 aliphatic carbocycles. The van der Waals surface area contributed by atoms with Crippen LogP contribution in [0.4, 0.5) is 10.8 Å². The maximum Gasteiger partial charge on any atom is 0.197 e. The van der Waals surface area contributed by atoms with E-state index in [-0.39, 0.29) is 0 Å². The molecule has 1 aromatic heterocycles. The first-order valence-corrected chi connectivity index (χ1v) is 7.04. The fourth-order valence-electron chi connectivity index (χ4n) is 1.57. The van der Waals surface area contributed by atoms with Crippen molar-refractivity contribution in [3.63, 3.8) is 0 Å². The molecular formula is C12H23N3OS. The number of anilines is 2. The van der Waals surface area contributed by atoms with Crippen molar-refractivity contribution in [3.05, 3.63) is 0 Å². The zero-order valence-corrected chi connectivity index (χ0v) is 11.8. The summed E-state index contributed by atoms with van der Waals surface area (Å²) in [5, 5.41) is 4.30. The Balaban J connectivity index is 2.31. The highest BCUT2D eigenvalue weighted by atomic mass is 32.1. The number of hydrogen-bond acceptors (Lipinski definition) is 5. The molecule has 1 rings (SSSR count). The standard InChI is InChI=1S/C12H23N3OS/c1-4-16-10-11(13)15-17-12(10)14-8-6-5-7-9(2)3/h9,14H,4-8H2,1-3H3,(H2,13,15). The van der Waals surface area contributed by atoms with Crippen molar-refractivity contribution in [1.29, 1.82) is 0 Å². The number of hydrogen-bond donors (Lipinski definition) is 2. The monoisotopic (exact) mass is 257 g/mol. The van der Waals surface area contributed by atoms with Crippen LogP contribution in [0.2, 0.25) is 0 Å². The van der Waals surface area contributed by atoms with Gasteiger partial charge < -0.3 is 15.8 Å². The van der Waals surface area contributed by atoms with Crippen molar-refractivity contribution in [1.82, 2.24) is 4.37 Å². The third kappa shape index (κ3) is 4.81. The normalized spacial score (nSPS) is 10.8. The third-order valence-corrected chi connectivity index (χ3v) is 3.26. The Labute approximate surface area is 108 Å². The van der Waals surface area contributed by atoms with Gasteiger partial charge in [-0.1, -0.05) is 26.7 Å². The van der Waals surface area contributed by atoms with Gasteiger partial charge in [-0.25, -0.2) is 0 Å². The highest BCUT2D eigenvalue weighted by Crippen LogP contribution is 2.34. The van der Waals surface area contributed by atoms with Crippen LogP contribution in [-0.4, -0.2) is 17.5 Å². The van der Waals surface area contributed by atoms with Gasteiger partial charge >= 0.3 is 0 Å². The van der Waals surface area contributed by atoms with E-state index in [1.807, 2.05) is 6.92 Å². The zero-order valence-electron chi connectivity index (χ0n) is 11.0. The lowest BCUT2D eigenvalue weighted by Gasteiger charge is -2.08. The average molecular weight is 257 g/mol. The molecule has 0 atom stereocenters. The van der Waals surface area contributed by atoms with Gasteiger partial charge in [0.15, 0.2) is 16.6 Å². The lowest BCUT2D eigenvalue weighted by molar-refractivity contribution is 0.344. The van der Waals surface area contributed by atoms with Gasteiger partial charge in [-0.2, -0.15) is 4.37 Å². The topological polar surface area (TPSA) is 60.2 Å². The van der Waals surface area contributed by atoms with Gasteiger partial charge in [-0.3, -0.25) is 0 Å². The molecule has 4 nitrogen and oxygen atoms in total. The lowest BCUT2D eigenvalue weighted by Crippen LogP contribution is -2.03. The predicted molar refractivity (Wildman–Crippen MR) is 74.9 cm³/mol. The van der Waals surface area contributed by atoms with Crippen LogP contribution in [0.3, 0.4) is 0 Å². The fraction of sp³-hybridized carbons (Fsp3) is 0.750. The van der Waals surface area contributed by atoms with Gasteiger partial charge in [0.05, 0.1) is 6.61 Å². The predicted octanol–water partition coefficient (Wildman–Crippen LogP) is 3.36. The van der Waals surface area contributed by atoms with Crippen LogP contribution in [-0.2, 0) is 0 Å². The Morgan fingerprint density at radius 1 is 1.41 bits per heavy atom. The number of nitrogen functional groups attached to an aromatic ring is 1. The molecule has 0 aliphatic heterocycles. The van der Waals surface area contributed by atoms with E-state index in [1.165, 1.54) is 30.8 Å². The summed E-state index contributed by atoms with van der Waals surface area (Å²) in [5.41, 5.74) is 5.73. The molecule has 0 spiro atoms. The number of ether oxygens (including phenoxy) is 1.